The number of nitrogens with one attached hydrogen (secondary N) is 3. The van der Waals surface area contributed by atoms with Gasteiger partial charge in [-0.05, 0) is 55.7 Å². The first kappa shape index (κ1) is 19.8. The molecule has 2 fully saturated rings. The molecule has 2 aliphatic rings. The number of hydrogen-bond acceptors (Lipinski definition) is 5. The lowest BCUT2D eigenvalue weighted by molar-refractivity contribution is 0.0903. The number of fused-ring (bicyclic) bond motifs is 2. The van der Waals surface area contributed by atoms with Crippen molar-refractivity contribution in [2.24, 2.45) is 0 Å². The maximum absolute atomic E-state index is 12.7. The van der Waals surface area contributed by atoms with Gasteiger partial charge < -0.3 is 15.1 Å². The Kier molecular flexibility index (Phi) is 5.03. The predicted molar refractivity (Wildman–Crippen MR) is 117 cm³/mol. The average Bonchev–Trinajstić information content (AvgIpc) is 3.52. The van der Waals surface area contributed by atoms with E-state index in [2.05, 4.69) is 15.4 Å². The van der Waals surface area contributed by atoms with Crippen LogP contribution in [0, 0.1) is 0 Å². The van der Waals surface area contributed by atoms with Crippen LogP contribution in [0.5, 0.6) is 0 Å². The largest absolute Gasteiger partial charge is 0.451 e. The molecular weight excluding hydrogens is 414 g/mol. The number of para-hydroxylation sites is 1. The first-order chi connectivity index (χ1) is 15.0. The zero-order chi connectivity index (χ0) is 21.4. The number of benzene rings is 2. The Morgan fingerprint density at radius 1 is 0.968 bits per heavy atom. The zero-order valence-electron chi connectivity index (χ0n) is 16.7. The summed E-state index contributed by atoms with van der Waals surface area (Å²) in [7, 11) is -3.75. The molecule has 160 valence electrons. The van der Waals surface area contributed by atoms with Crippen LogP contribution >= 0.6 is 0 Å². The monoisotopic (exact) mass is 437 g/mol. The van der Waals surface area contributed by atoms with Crippen LogP contribution in [0.15, 0.2) is 76.0 Å². The molecule has 3 atom stereocenters. The number of amides is 1. The van der Waals surface area contributed by atoms with E-state index >= 15 is 0 Å². The number of anilines is 1. The lowest BCUT2D eigenvalue weighted by Gasteiger charge is -2.20. The smallest absolute Gasteiger partial charge is 0.287 e. The Morgan fingerprint density at radius 3 is 2.48 bits per heavy atom. The van der Waals surface area contributed by atoms with Gasteiger partial charge in [-0.15, -0.1) is 0 Å². The second-order valence-electron chi connectivity index (χ2n) is 7.99. The van der Waals surface area contributed by atoms with E-state index in [1.807, 2.05) is 0 Å². The lowest BCUT2D eigenvalue weighted by Crippen LogP contribution is -2.42. The minimum Gasteiger partial charge on any atom is -0.451 e. The van der Waals surface area contributed by atoms with Crippen molar-refractivity contribution >= 4 is 21.6 Å². The Hall–Kier alpha value is -3.10. The summed E-state index contributed by atoms with van der Waals surface area (Å²) >= 11 is 0. The third kappa shape index (κ3) is 3.96. The van der Waals surface area contributed by atoms with Gasteiger partial charge in [-0.2, -0.15) is 0 Å². The maximum atomic E-state index is 12.7. The highest BCUT2D eigenvalue weighted by Gasteiger charge is 2.40. The Balaban J connectivity index is 1.36. The highest BCUT2D eigenvalue weighted by molar-refractivity contribution is 7.92. The summed E-state index contributed by atoms with van der Waals surface area (Å²) in [5, 5.41) is 6.56. The Labute approximate surface area is 180 Å². The van der Waals surface area contributed by atoms with Crippen LogP contribution in [0.3, 0.4) is 0 Å². The number of sulfonamides is 1. The van der Waals surface area contributed by atoms with E-state index in [0.717, 1.165) is 19.3 Å². The fourth-order valence-electron chi connectivity index (χ4n) is 4.42. The summed E-state index contributed by atoms with van der Waals surface area (Å²) in [5.74, 6) is 0.369. The number of carbonyl (C=O) groups is 1. The molecule has 0 radical (unpaired) electrons. The van der Waals surface area contributed by atoms with Crippen LogP contribution in [-0.4, -0.2) is 32.5 Å². The Bertz CT molecular complexity index is 1210. The molecule has 3 aromatic rings. The Morgan fingerprint density at radius 2 is 1.74 bits per heavy atom. The molecule has 3 N–H and O–H groups in total. The summed E-state index contributed by atoms with van der Waals surface area (Å²) in [6, 6.07) is 19.4. The molecule has 2 saturated heterocycles. The molecule has 5 rings (SSSR count). The summed E-state index contributed by atoms with van der Waals surface area (Å²) in [6.07, 6.45) is 3.18. The summed E-state index contributed by atoms with van der Waals surface area (Å²) in [5.41, 5.74) is 0.938. The fourth-order valence-corrected chi connectivity index (χ4v) is 5.52. The molecule has 0 spiro atoms. The van der Waals surface area contributed by atoms with Crippen LogP contribution in [0.25, 0.3) is 11.3 Å². The van der Waals surface area contributed by atoms with E-state index < -0.39 is 10.0 Å². The van der Waals surface area contributed by atoms with Gasteiger partial charge in [0.1, 0.15) is 5.76 Å². The molecule has 3 unspecified atom stereocenters. The molecule has 3 heterocycles. The first-order valence-electron chi connectivity index (χ1n) is 10.3. The summed E-state index contributed by atoms with van der Waals surface area (Å²) in [6.45, 7) is 0. The third-order valence-corrected chi connectivity index (χ3v) is 7.32. The van der Waals surface area contributed by atoms with Crippen LogP contribution in [-0.2, 0) is 10.0 Å². The van der Waals surface area contributed by atoms with Crippen molar-refractivity contribution in [1.82, 2.24) is 10.6 Å². The van der Waals surface area contributed by atoms with Gasteiger partial charge in [-0.25, -0.2) is 8.42 Å². The van der Waals surface area contributed by atoms with Gasteiger partial charge in [0.2, 0.25) is 0 Å². The van der Waals surface area contributed by atoms with Crippen molar-refractivity contribution in [3.63, 3.8) is 0 Å². The average molecular weight is 438 g/mol. The van der Waals surface area contributed by atoms with Gasteiger partial charge in [-0.3, -0.25) is 9.52 Å². The number of hydrogen-bond donors (Lipinski definition) is 3. The minimum atomic E-state index is -3.75. The highest BCUT2D eigenvalue weighted by Crippen LogP contribution is 2.32. The van der Waals surface area contributed by atoms with E-state index in [1.54, 1.807) is 54.6 Å². The van der Waals surface area contributed by atoms with E-state index in [0.29, 0.717) is 29.1 Å². The molecule has 31 heavy (non-hydrogen) atoms. The summed E-state index contributed by atoms with van der Waals surface area (Å²) < 4.78 is 33.9. The molecular formula is C23H23N3O4S. The molecule has 2 aromatic carbocycles. The van der Waals surface area contributed by atoms with Crippen molar-refractivity contribution in [3.8, 4) is 11.3 Å². The zero-order valence-corrected chi connectivity index (χ0v) is 17.6. The molecule has 0 aliphatic carbocycles. The maximum Gasteiger partial charge on any atom is 0.287 e. The van der Waals surface area contributed by atoms with Gasteiger partial charge >= 0.3 is 0 Å². The quantitative estimate of drug-likeness (QED) is 0.549. The molecule has 1 aromatic heterocycles. The van der Waals surface area contributed by atoms with E-state index in [4.69, 9.17) is 4.42 Å². The number of rotatable bonds is 6. The van der Waals surface area contributed by atoms with E-state index in [-0.39, 0.29) is 22.6 Å². The normalized spacial score (nSPS) is 22.4. The second kappa shape index (κ2) is 7.86. The molecule has 2 bridgehead atoms. The van der Waals surface area contributed by atoms with Gasteiger partial charge in [0.15, 0.2) is 5.76 Å². The topological polar surface area (TPSA) is 100 Å². The highest BCUT2D eigenvalue weighted by atomic mass is 32.2. The summed E-state index contributed by atoms with van der Waals surface area (Å²) in [4.78, 5) is 12.8. The number of carbonyl (C=O) groups excluding carboxylic acids is 1. The fraction of sp³-hybridized carbons (Fsp3) is 0.261. The van der Waals surface area contributed by atoms with Gasteiger partial charge in [-0.1, -0.05) is 30.3 Å². The second-order valence-corrected chi connectivity index (χ2v) is 9.67. The lowest BCUT2D eigenvalue weighted by atomic mass is 9.95. The predicted octanol–water partition coefficient (Wildman–Crippen LogP) is 3.37. The SMILES string of the molecule is O=C(NC1CC2CCC1N2)c1ccc(-c2ccccc2NS(=O)(=O)c2ccccc2)o1. The number of furan rings is 1. The van der Waals surface area contributed by atoms with Crippen LogP contribution < -0.4 is 15.4 Å². The molecule has 2 aliphatic heterocycles. The standard InChI is InChI=1S/C23H23N3O4S/c27-23(25-20-14-15-10-11-19(20)24-15)22-13-12-21(30-22)17-8-4-5-9-18(17)26-31(28,29)16-6-2-1-3-7-16/h1-9,12-13,15,19-20,24,26H,10-11,14H2,(H,25,27). The van der Waals surface area contributed by atoms with Gasteiger partial charge in [0.25, 0.3) is 15.9 Å². The van der Waals surface area contributed by atoms with Crippen molar-refractivity contribution in [1.29, 1.82) is 0 Å². The van der Waals surface area contributed by atoms with Crippen molar-refractivity contribution < 1.29 is 17.6 Å². The van der Waals surface area contributed by atoms with Gasteiger partial charge in [0.05, 0.1) is 10.6 Å². The molecule has 7 nitrogen and oxygen atoms in total. The van der Waals surface area contributed by atoms with Crippen molar-refractivity contribution in [3.05, 3.63) is 72.5 Å². The van der Waals surface area contributed by atoms with Crippen LogP contribution in [0.2, 0.25) is 0 Å². The van der Waals surface area contributed by atoms with Crippen LogP contribution in [0.4, 0.5) is 5.69 Å². The van der Waals surface area contributed by atoms with Gasteiger partial charge in [0, 0.05) is 23.7 Å². The van der Waals surface area contributed by atoms with E-state index in [1.165, 1.54) is 12.1 Å². The van der Waals surface area contributed by atoms with Crippen molar-refractivity contribution in [2.75, 3.05) is 4.72 Å². The molecule has 8 heteroatoms. The van der Waals surface area contributed by atoms with E-state index in [9.17, 15) is 13.2 Å². The minimum absolute atomic E-state index is 0.116. The van der Waals surface area contributed by atoms with Crippen LogP contribution in [0.1, 0.15) is 29.8 Å². The molecule has 1 amide bonds. The third-order valence-electron chi connectivity index (χ3n) is 5.94. The van der Waals surface area contributed by atoms with Crippen molar-refractivity contribution in [2.45, 2.75) is 42.3 Å². The first-order valence-corrected chi connectivity index (χ1v) is 11.8. The molecule has 0 saturated carbocycles.